The van der Waals surface area contributed by atoms with Gasteiger partial charge in [0.1, 0.15) is 0 Å². The van der Waals surface area contributed by atoms with E-state index in [4.69, 9.17) is 0 Å². The van der Waals surface area contributed by atoms with Crippen LogP contribution in [0.5, 0.6) is 0 Å². The average Bonchev–Trinajstić information content (AvgIpc) is 2.26. The minimum Gasteiger partial charge on any atom is -0.294 e. The highest BCUT2D eigenvalue weighted by molar-refractivity contribution is 5.98. The van der Waals surface area contributed by atoms with Gasteiger partial charge < -0.3 is 0 Å². The largest absolute Gasteiger partial charge is 0.294 e. The van der Waals surface area contributed by atoms with E-state index in [1.54, 1.807) is 0 Å². The Hall–Kier alpha value is -1.89. The minimum absolute atomic E-state index is 0.197. The summed E-state index contributed by atoms with van der Waals surface area (Å²) in [5.74, 6) is 0.197. The van der Waals surface area contributed by atoms with Gasteiger partial charge in [0.05, 0.1) is 0 Å². The molecule has 0 spiro atoms. The standard InChI is InChI=1S/C18H20O/c1-12-5-6-17(15(4)8-12)18(19)11-16-9-13(2)7-14(3)10-16/h5-10H,11H2,1-4H3. The molecule has 19 heavy (non-hydrogen) atoms. The zero-order valence-corrected chi connectivity index (χ0v) is 12.1. The van der Waals surface area contributed by atoms with Crippen LogP contribution in [0.15, 0.2) is 36.4 Å². The molecule has 98 valence electrons. The van der Waals surface area contributed by atoms with E-state index in [-0.39, 0.29) is 5.78 Å². The molecule has 0 amide bonds. The Kier molecular flexibility index (Phi) is 3.84. The fourth-order valence-electron chi connectivity index (χ4n) is 2.58. The zero-order valence-electron chi connectivity index (χ0n) is 12.1. The number of Topliss-reactive ketones (excluding diaryl/α,β-unsaturated/α-hetero) is 1. The smallest absolute Gasteiger partial charge is 0.167 e. The van der Waals surface area contributed by atoms with Gasteiger partial charge in [0.15, 0.2) is 5.78 Å². The minimum atomic E-state index is 0.197. The summed E-state index contributed by atoms with van der Waals surface area (Å²) in [6.45, 7) is 8.18. The first kappa shape index (κ1) is 13.5. The van der Waals surface area contributed by atoms with Gasteiger partial charge >= 0.3 is 0 Å². The highest BCUT2D eigenvalue weighted by Gasteiger charge is 2.10. The third-order valence-corrected chi connectivity index (χ3v) is 3.33. The van der Waals surface area contributed by atoms with E-state index < -0.39 is 0 Å². The summed E-state index contributed by atoms with van der Waals surface area (Å²) in [6.07, 6.45) is 0.479. The maximum Gasteiger partial charge on any atom is 0.167 e. The first-order chi connectivity index (χ1) is 8.95. The van der Waals surface area contributed by atoms with E-state index in [0.29, 0.717) is 6.42 Å². The molecule has 0 atom stereocenters. The van der Waals surface area contributed by atoms with Crippen molar-refractivity contribution in [1.29, 1.82) is 0 Å². The van der Waals surface area contributed by atoms with Crippen LogP contribution >= 0.6 is 0 Å². The molecule has 0 aliphatic carbocycles. The Balaban J connectivity index is 2.25. The molecule has 0 N–H and O–H groups in total. The van der Waals surface area contributed by atoms with Crippen molar-refractivity contribution >= 4 is 5.78 Å². The number of benzene rings is 2. The number of aryl methyl sites for hydroxylation is 4. The molecule has 0 heterocycles. The van der Waals surface area contributed by atoms with Gasteiger partial charge in [0.25, 0.3) is 0 Å². The van der Waals surface area contributed by atoms with Gasteiger partial charge in [0.2, 0.25) is 0 Å². The Bertz CT molecular complexity index is 603. The Morgan fingerprint density at radius 3 is 2.05 bits per heavy atom. The van der Waals surface area contributed by atoms with Crippen LogP contribution in [0.1, 0.15) is 38.2 Å². The van der Waals surface area contributed by atoms with E-state index in [2.05, 4.69) is 38.1 Å². The van der Waals surface area contributed by atoms with Crippen LogP contribution in [-0.2, 0) is 6.42 Å². The lowest BCUT2D eigenvalue weighted by atomic mass is 9.96. The Morgan fingerprint density at radius 2 is 1.47 bits per heavy atom. The van der Waals surface area contributed by atoms with Gasteiger partial charge in [-0.2, -0.15) is 0 Å². The topological polar surface area (TPSA) is 17.1 Å². The number of rotatable bonds is 3. The lowest BCUT2D eigenvalue weighted by molar-refractivity contribution is 0.0992. The molecule has 0 radical (unpaired) electrons. The second kappa shape index (κ2) is 5.40. The molecule has 0 fully saturated rings. The molecular weight excluding hydrogens is 232 g/mol. The van der Waals surface area contributed by atoms with Crippen molar-refractivity contribution in [2.45, 2.75) is 34.1 Å². The van der Waals surface area contributed by atoms with Crippen molar-refractivity contribution in [3.63, 3.8) is 0 Å². The van der Waals surface area contributed by atoms with Crippen molar-refractivity contribution in [2.24, 2.45) is 0 Å². The van der Waals surface area contributed by atoms with Crippen molar-refractivity contribution in [2.75, 3.05) is 0 Å². The summed E-state index contributed by atoms with van der Waals surface area (Å²) < 4.78 is 0. The predicted molar refractivity (Wildman–Crippen MR) is 79.9 cm³/mol. The predicted octanol–water partition coefficient (Wildman–Crippen LogP) is 4.35. The van der Waals surface area contributed by atoms with Gasteiger partial charge in [-0.25, -0.2) is 0 Å². The van der Waals surface area contributed by atoms with E-state index >= 15 is 0 Å². The van der Waals surface area contributed by atoms with E-state index in [9.17, 15) is 4.79 Å². The fourth-order valence-corrected chi connectivity index (χ4v) is 2.58. The van der Waals surface area contributed by atoms with Crippen LogP contribution in [0.2, 0.25) is 0 Å². The number of ketones is 1. The summed E-state index contributed by atoms with van der Waals surface area (Å²) >= 11 is 0. The number of carbonyl (C=O) groups excluding carboxylic acids is 1. The number of hydrogen-bond donors (Lipinski definition) is 0. The second-order valence-electron chi connectivity index (χ2n) is 5.41. The maximum atomic E-state index is 12.4. The average molecular weight is 252 g/mol. The summed E-state index contributed by atoms with van der Waals surface area (Å²) in [7, 11) is 0. The molecule has 0 aliphatic heterocycles. The monoisotopic (exact) mass is 252 g/mol. The summed E-state index contributed by atoms with van der Waals surface area (Å²) in [5, 5.41) is 0. The first-order valence-electron chi connectivity index (χ1n) is 6.63. The summed E-state index contributed by atoms with van der Waals surface area (Å²) in [6, 6.07) is 12.3. The van der Waals surface area contributed by atoms with Crippen LogP contribution in [0.25, 0.3) is 0 Å². The van der Waals surface area contributed by atoms with E-state index in [0.717, 1.165) is 16.7 Å². The molecule has 0 saturated carbocycles. The maximum absolute atomic E-state index is 12.4. The SMILES string of the molecule is Cc1cc(C)cc(CC(=O)c2ccc(C)cc2C)c1. The van der Waals surface area contributed by atoms with E-state index in [1.165, 1.54) is 16.7 Å². The van der Waals surface area contributed by atoms with Crippen molar-refractivity contribution < 1.29 is 4.79 Å². The molecule has 2 aromatic carbocycles. The molecule has 0 saturated heterocycles. The molecule has 1 heteroatoms. The highest BCUT2D eigenvalue weighted by atomic mass is 16.1. The van der Waals surface area contributed by atoms with Crippen LogP contribution in [-0.4, -0.2) is 5.78 Å². The first-order valence-corrected chi connectivity index (χ1v) is 6.63. The third kappa shape index (κ3) is 3.31. The lowest BCUT2D eigenvalue weighted by Gasteiger charge is -2.08. The molecule has 0 aliphatic rings. The quantitative estimate of drug-likeness (QED) is 0.742. The lowest BCUT2D eigenvalue weighted by Crippen LogP contribution is -2.06. The van der Waals surface area contributed by atoms with Crippen LogP contribution in [0, 0.1) is 27.7 Å². The van der Waals surface area contributed by atoms with Gasteiger partial charge in [-0.05, 0) is 38.8 Å². The van der Waals surface area contributed by atoms with Crippen LogP contribution < -0.4 is 0 Å². The van der Waals surface area contributed by atoms with Crippen LogP contribution in [0.3, 0.4) is 0 Å². The number of carbonyl (C=O) groups is 1. The fraction of sp³-hybridized carbons (Fsp3) is 0.278. The molecular formula is C18H20O. The van der Waals surface area contributed by atoms with E-state index in [1.807, 2.05) is 26.0 Å². The molecule has 0 unspecified atom stereocenters. The molecule has 0 bridgehead atoms. The molecule has 1 nitrogen and oxygen atoms in total. The number of hydrogen-bond acceptors (Lipinski definition) is 1. The molecule has 2 rings (SSSR count). The van der Waals surface area contributed by atoms with Gasteiger partial charge in [-0.3, -0.25) is 4.79 Å². The van der Waals surface area contributed by atoms with Gasteiger partial charge in [-0.1, -0.05) is 53.1 Å². The van der Waals surface area contributed by atoms with Gasteiger partial charge in [0, 0.05) is 12.0 Å². The molecule has 2 aromatic rings. The van der Waals surface area contributed by atoms with Crippen LogP contribution in [0.4, 0.5) is 0 Å². The zero-order chi connectivity index (χ0) is 14.0. The summed E-state index contributed by atoms with van der Waals surface area (Å²) in [4.78, 5) is 12.4. The third-order valence-electron chi connectivity index (χ3n) is 3.33. The van der Waals surface area contributed by atoms with Crippen molar-refractivity contribution in [3.05, 3.63) is 69.8 Å². The second-order valence-corrected chi connectivity index (χ2v) is 5.41. The van der Waals surface area contributed by atoms with Gasteiger partial charge in [-0.15, -0.1) is 0 Å². The Morgan fingerprint density at radius 1 is 0.842 bits per heavy atom. The Labute approximate surface area is 115 Å². The normalized spacial score (nSPS) is 10.5. The van der Waals surface area contributed by atoms with Crippen molar-refractivity contribution in [1.82, 2.24) is 0 Å². The van der Waals surface area contributed by atoms with Crippen molar-refractivity contribution in [3.8, 4) is 0 Å². The highest BCUT2D eigenvalue weighted by Crippen LogP contribution is 2.16. The summed E-state index contributed by atoms with van der Waals surface area (Å²) in [5.41, 5.74) is 6.62. The molecule has 0 aromatic heterocycles.